The average Bonchev–Trinajstić information content (AvgIpc) is 2.80. The van der Waals surface area contributed by atoms with Crippen LogP contribution in [0.2, 0.25) is 0 Å². The molecule has 0 aromatic carbocycles. The Morgan fingerprint density at radius 3 is 2.79 bits per heavy atom. The third-order valence-electron chi connectivity index (χ3n) is 3.91. The standard InChI is InChI=1S/C15H26N2OS/c1-11(2)15-16-13(10-19-15)9-17(3)8-12-6-4-5-7-14(12)18/h10-12,14,18H,4-9H2,1-3H3. The molecule has 0 bridgehead atoms. The molecule has 2 unspecified atom stereocenters. The number of aliphatic hydroxyl groups excluding tert-OH is 1. The van der Waals surface area contributed by atoms with E-state index in [-0.39, 0.29) is 6.10 Å². The van der Waals surface area contributed by atoms with Crippen molar-refractivity contribution >= 4 is 11.3 Å². The first-order valence-electron chi connectivity index (χ1n) is 7.37. The van der Waals surface area contributed by atoms with Crippen LogP contribution in [0.3, 0.4) is 0 Å². The van der Waals surface area contributed by atoms with E-state index in [1.165, 1.54) is 30.0 Å². The third kappa shape index (κ3) is 4.26. The Labute approximate surface area is 120 Å². The molecule has 0 saturated heterocycles. The average molecular weight is 282 g/mol. The first-order chi connectivity index (χ1) is 9.06. The maximum Gasteiger partial charge on any atom is 0.0954 e. The van der Waals surface area contributed by atoms with Gasteiger partial charge in [-0.1, -0.05) is 26.7 Å². The minimum absolute atomic E-state index is 0.0992. The zero-order chi connectivity index (χ0) is 13.8. The smallest absolute Gasteiger partial charge is 0.0954 e. The SMILES string of the molecule is CC(C)c1nc(CN(C)CC2CCCCC2O)cs1. The van der Waals surface area contributed by atoms with Crippen molar-refractivity contribution in [3.05, 3.63) is 16.1 Å². The van der Waals surface area contributed by atoms with Crippen LogP contribution in [0.1, 0.15) is 56.2 Å². The molecule has 2 rings (SSSR count). The molecule has 1 aromatic heterocycles. The van der Waals surface area contributed by atoms with Crippen LogP contribution in [0, 0.1) is 5.92 Å². The van der Waals surface area contributed by atoms with Crippen molar-refractivity contribution in [1.29, 1.82) is 0 Å². The Morgan fingerprint density at radius 1 is 1.42 bits per heavy atom. The van der Waals surface area contributed by atoms with Gasteiger partial charge in [0.25, 0.3) is 0 Å². The molecule has 0 amide bonds. The molecule has 0 radical (unpaired) electrons. The van der Waals surface area contributed by atoms with E-state index in [4.69, 9.17) is 0 Å². The third-order valence-corrected chi connectivity index (χ3v) is 5.10. The molecule has 108 valence electrons. The topological polar surface area (TPSA) is 36.4 Å². The maximum absolute atomic E-state index is 10.0. The summed E-state index contributed by atoms with van der Waals surface area (Å²) in [6.07, 6.45) is 4.50. The Balaban J connectivity index is 1.84. The van der Waals surface area contributed by atoms with Gasteiger partial charge in [0.2, 0.25) is 0 Å². The largest absolute Gasteiger partial charge is 0.393 e. The van der Waals surface area contributed by atoms with Crippen LogP contribution in [0.4, 0.5) is 0 Å². The van der Waals surface area contributed by atoms with E-state index in [1.807, 2.05) is 0 Å². The summed E-state index contributed by atoms with van der Waals surface area (Å²) in [7, 11) is 2.13. The molecule has 1 N–H and O–H groups in total. The maximum atomic E-state index is 10.0. The molecule has 1 heterocycles. The van der Waals surface area contributed by atoms with Gasteiger partial charge in [0.05, 0.1) is 16.8 Å². The molecule has 2 atom stereocenters. The molecule has 19 heavy (non-hydrogen) atoms. The first-order valence-corrected chi connectivity index (χ1v) is 8.25. The zero-order valence-electron chi connectivity index (χ0n) is 12.3. The van der Waals surface area contributed by atoms with Crippen molar-refractivity contribution < 1.29 is 5.11 Å². The number of thiazole rings is 1. The van der Waals surface area contributed by atoms with E-state index in [1.54, 1.807) is 11.3 Å². The summed E-state index contributed by atoms with van der Waals surface area (Å²) in [6.45, 7) is 6.25. The summed E-state index contributed by atoms with van der Waals surface area (Å²) < 4.78 is 0. The van der Waals surface area contributed by atoms with Crippen LogP contribution in [0.25, 0.3) is 0 Å². The van der Waals surface area contributed by atoms with Crippen LogP contribution < -0.4 is 0 Å². The molecule has 0 spiro atoms. The lowest BCUT2D eigenvalue weighted by molar-refractivity contribution is 0.0500. The summed E-state index contributed by atoms with van der Waals surface area (Å²) in [5.41, 5.74) is 1.17. The monoisotopic (exact) mass is 282 g/mol. The highest BCUT2D eigenvalue weighted by atomic mass is 32.1. The quantitative estimate of drug-likeness (QED) is 0.900. The van der Waals surface area contributed by atoms with Gasteiger partial charge in [-0.2, -0.15) is 0 Å². The van der Waals surface area contributed by atoms with Gasteiger partial charge in [-0.3, -0.25) is 0 Å². The van der Waals surface area contributed by atoms with Gasteiger partial charge in [0.15, 0.2) is 0 Å². The molecule has 1 aromatic rings. The van der Waals surface area contributed by atoms with E-state index >= 15 is 0 Å². The molecule has 1 saturated carbocycles. The lowest BCUT2D eigenvalue weighted by atomic mass is 9.86. The van der Waals surface area contributed by atoms with E-state index in [9.17, 15) is 5.11 Å². The van der Waals surface area contributed by atoms with E-state index < -0.39 is 0 Å². The van der Waals surface area contributed by atoms with Crippen LogP contribution in [-0.2, 0) is 6.54 Å². The van der Waals surface area contributed by atoms with Crippen LogP contribution >= 0.6 is 11.3 Å². The summed E-state index contributed by atoms with van der Waals surface area (Å²) in [6, 6.07) is 0. The Bertz CT molecular complexity index is 391. The van der Waals surface area contributed by atoms with Crippen molar-refractivity contribution in [3.8, 4) is 0 Å². The zero-order valence-corrected chi connectivity index (χ0v) is 13.1. The van der Waals surface area contributed by atoms with Crippen molar-refractivity contribution in [3.63, 3.8) is 0 Å². The minimum Gasteiger partial charge on any atom is -0.393 e. The number of aromatic nitrogens is 1. The van der Waals surface area contributed by atoms with Crippen LogP contribution in [-0.4, -0.2) is 34.7 Å². The second-order valence-electron chi connectivity index (χ2n) is 6.14. The van der Waals surface area contributed by atoms with Gasteiger partial charge in [-0.25, -0.2) is 4.98 Å². The summed E-state index contributed by atoms with van der Waals surface area (Å²) >= 11 is 1.76. The van der Waals surface area contributed by atoms with Crippen molar-refractivity contribution in [2.24, 2.45) is 5.92 Å². The van der Waals surface area contributed by atoms with Gasteiger partial charge in [-0.15, -0.1) is 11.3 Å². The Morgan fingerprint density at radius 2 is 2.16 bits per heavy atom. The van der Waals surface area contributed by atoms with Crippen LogP contribution in [0.5, 0.6) is 0 Å². The minimum atomic E-state index is -0.0992. The molecular formula is C15H26N2OS. The highest BCUT2D eigenvalue weighted by molar-refractivity contribution is 7.09. The fraction of sp³-hybridized carbons (Fsp3) is 0.800. The predicted octanol–water partition coefficient (Wildman–Crippen LogP) is 3.25. The highest BCUT2D eigenvalue weighted by Gasteiger charge is 2.24. The normalized spacial score (nSPS) is 24.3. The fourth-order valence-corrected chi connectivity index (χ4v) is 3.63. The van der Waals surface area contributed by atoms with E-state index in [2.05, 4.69) is 36.2 Å². The molecule has 4 heteroatoms. The number of hydrogen-bond acceptors (Lipinski definition) is 4. The lowest BCUT2D eigenvalue weighted by Crippen LogP contribution is -2.34. The first kappa shape index (κ1) is 14.9. The summed E-state index contributed by atoms with van der Waals surface area (Å²) in [5.74, 6) is 0.964. The van der Waals surface area contributed by atoms with Gasteiger partial charge in [-0.05, 0) is 25.8 Å². The van der Waals surface area contributed by atoms with E-state index in [0.29, 0.717) is 11.8 Å². The van der Waals surface area contributed by atoms with Gasteiger partial charge >= 0.3 is 0 Å². The summed E-state index contributed by atoms with van der Waals surface area (Å²) in [5, 5.41) is 13.4. The fourth-order valence-electron chi connectivity index (χ4n) is 2.80. The lowest BCUT2D eigenvalue weighted by Gasteiger charge is -2.30. The summed E-state index contributed by atoms with van der Waals surface area (Å²) in [4.78, 5) is 6.98. The highest BCUT2D eigenvalue weighted by Crippen LogP contribution is 2.25. The molecule has 1 aliphatic carbocycles. The number of hydrogen-bond donors (Lipinski definition) is 1. The Hall–Kier alpha value is -0.450. The van der Waals surface area contributed by atoms with Crippen molar-refractivity contribution in [2.75, 3.05) is 13.6 Å². The second-order valence-corrected chi connectivity index (χ2v) is 7.03. The molecule has 3 nitrogen and oxygen atoms in total. The number of rotatable bonds is 5. The molecule has 1 fully saturated rings. The number of aliphatic hydroxyl groups is 1. The van der Waals surface area contributed by atoms with Crippen molar-refractivity contribution in [2.45, 2.75) is 58.1 Å². The Kier molecular flexibility index (Phi) is 5.37. The van der Waals surface area contributed by atoms with Gasteiger partial charge in [0, 0.05) is 24.4 Å². The van der Waals surface area contributed by atoms with E-state index in [0.717, 1.165) is 19.5 Å². The van der Waals surface area contributed by atoms with Gasteiger partial charge < -0.3 is 10.0 Å². The van der Waals surface area contributed by atoms with Crippen LogP contribution in [0.15, 0.2) is 5.38 Å². The second kappa shape index (κ2) is 6.82. The molecule has 0 aliphatic heterocycles. The predicted molar refractivity (Wildman–Crippen MR) is 80.5 cm³/mol. The van der Waals surface area contributed by atoms with Gasteiger partial charge in [0.1, 0.15) is 0 Å². The molecular weight excluding hydrogens is 256 g/mol. The number of nitrogens with zero attached hydrogens (tertiary/aromatic N) is 2. The molecule has 1 aliphatic rings. The van der Waals surface area contributed by atoms with Crippen molar-refractivity contribution in [1.82, 2.24) is 9.88 Å².